The molecule has 2 aliphatic heterocycles. The van der Waals surface area contributed by atoms with Gasteiger partial charge in [-0.15, -0.1) is 0 Å². The van der Waals surface area contributed by atoms with Gasteiger partial charge in [-0.2, -0.15) is 0 Å². The number of nitrogens with one attached hydrogen (secondary N) is 1. The molecule has 0 bridgehead atoms. The van der Waals surface area contributed by atoms with Gasteiger partial charge in [0.2, 0.25) is 5.91 Å². The summed E-state index contributed by atoms with van der Waals surface area (Å²) in [4.78, 5) is 14.3. The molecule has 0 unspecified atom stereocenters. The van der Waals surface area contributed by atoms with Crippen LogP contribution in [0.5, 0.6) is 0 Å². The Labute approximate surface area is 110 Å². The molecule has 1 N–H and O–H groups in total. The Hall–Kier alpha value is -0.610. The summed E-state index contributed by atoms with van der Waals surface area (Å²) < 4.78 is 5.38. The van der Waals surface area contributed by atoms with E-state index < -0.39 is 0 Å². The summed E-state index contributed by atoms with van der Waals surface area (Å²) in [7, 11) is 0. The van der Waals surface area contributed by atoms with Crippen molar-refractivity contribution in [1.82, 2.24) is 10.2 Å². The zero-order valence-electron chi connectivity index (χ0n) is 11.7. The molecule has 2 aliphatic rings. The van der Waals surface area contributed by atoms with E-state index in [-0.39, 0.29) is 12.0 Å². The van der Waals surface area contributed by atoms with Crippen LogP contribution in [0.25, 0.3) is 0 Å². The average Bonchev–Trinajstić information content (AvgIpc) is 2.89. The zero-order chi connectivity index (χ0) is 13.0. The number of hydrogen-bond donors (Lipinski definition) is 1. The molecule has 2 saturated heterocycles. The molecule has 104 valence electrons. The maximum atomic E-state index is 11.8. The highest BCUT2D eigenvalue weighted by molar-refractivity contribution is 5.80. The zero-order valence-corrected chi connectivity index (χ0v) is 11.7. The van der Waals surface area contributed by atoms with Gasteiger partial charge < -0.3 is 10.1 Å². The molecule has 2 fully saturated rings. The van der Waals surface area contributed by atoms with Gasteiger partial charge in [-0.1, -0.05) is 6.92 Å². The molecule has 3 atom stereocenters. The first-order valence-electron chi connectivity index (χ1n) is 7.30. The van der Waals surface area contributed by atoms with Crippen LogP contribution < -0.4 is 5.32 Å². The molecule has 0 aromatic carbocycles. The molecular formula is C14H26N2O2. The number of nitrogens with zero attached hydrogens (tertiary/aromatic N) is 1. The molecule has 0 aliphatic carbocycles. The minimum atomic E-state index is -0.197. The summed E-state index contributed by atoms with van der Waals surface area (Å²) in [5.41, 5.74) is 0. The van der Waals surface area contributed by atoms with E-state index in [1.54, 1.807) is 0 Å². The fourth-order valence-corrected chi connectivity index (χ4v) is 2.90. The first kappa shape index (κ1) is 13.8. The van der Waals surface area contributed by atoms with Crippen LogP contribution >= 0.6 is 0 Å². The monoisotopic (exact) mass is 254 g/mol. The number of hydrogen-bond acceptors (Lipinski definition) is 3. The van der Waals surface area contributed by atoms with Crippen molar-refractivity contribution in [3.05, 3.63) is 0 Å². The Morgan fingerprint density at radius 1 is 1.44 bits per heavy atom. The van der Waals surface area contributed by atoms with E-state index in [4.69, 9.17) is 4.74 Å². The smallest absolute Gasteiger partial charge is 0.249 e. The van der Waals surface area contributed by atoms with E-state index in [1.807, 2.05) is 0 Å². The van der Waals surface area contributed by atoms with Crippen molar-refractivity contribution in [2.45, 2.75) is 51.7 Å². The van der Waals surface area contributed by atoms with Crippen molar-refractivity contribution < 1.29 is 9.53 Å². The number of carbonyl (C=O) groups excluding carboxylic acids is 1. The van der Waals surface area contributed by atoms with Gasteiger partial charge in [0, 0.05) is 25.7 Å². The molecule has 4 heteroatoms. The number of carbonyl (C=O) groups is 1. The summed E-state index contributed by atoms with van der Waals surface area (Å²) in [6, 6.07) is 0.429. The lowest BCUT2D eigenvalue weighted by atomic mass is 9.99. The van der Waals surface area contributed by atoms with Crippen LogP contribution in [-0.4, -0.2) is 49.2 Å². The second-order valence-electron chi connectivity index (χ2n) is 5.84. The van der Waals surface area contributed by atoms with E-state index in [1.165, 1.54) is 19.4 Å². The number of rotatable bonds is 4. The Kier molecular flexibility index (Phi) is 5.01. The van der Waals surface area contributed by atoms with Gasteiger partial charge in [0.25, 0.3) is 0 Å². The number of amides is 1. The lowest BCUT2D eigenvalue weighted by molar-refractivity contribution is -0.130. The van der Waals surface area contributed by atoms with Gasteiger partial charge in [0.1, 0.15) is 6.10 Å². The summed E-state index contributed by atoms with van der Waals surface area (Å²) in [6.45, 7) is 8.32. The van der Waals surface area contributed by atoms with Crippen molar-refractivity contribution in [3.63, 3.8) is 0 Å². The van der Waals surface area contributed by atoms with Crippen molar-refractivity contribution in [2.24, 2.45) is 5.92 Å². The molecule has 2 heterocycles. The molecule has 0 aromatic rings. The molecular weight excluding hydrogens is 228 g/mol. The number of piperidine rings is 1. The summed E-state index contributed by atoms with van der Waals surface area (Å²) >= 11 is 0. The van der Waals surface area contributed by atoms with Gasteiger partial charge in [-0.25, -0.2) is 0 Å². The van der Waals surface area contributed by atoms with Gasteiger partial charge >= 0.3 is 0 Å². The predicted molar refractivity (Wildman–Crippen MR) is 71.4 cm³/mol. The predicted octanol–water partition coefficient (Wildman–Crippen LogP) is 1.40. The molecule has 0 saturated carbocycles. The van der Waals surface area contributed by atoms with Crippen molar-refractivity contribution in [1.29, 1.82) is 0 Å². The van der Waals surface area contributed by atoms with Crippen LogP contribution in [-0.2, 0) is 9.53 Å². The normalized spacial score (nSPS) is 31.2. The molecule has 0 radical (unpaired) electrons. The van der Waals surface area contributed by atoms with Crippen molar-refractivity contribution >= 4 is 5.91 Å². The third-order valence-corrected chi connectivity index (χ3v) is 4.11. The summed E-state index contributed by atoms with van der Waals surface area (Å²) in [6.07, 6.45) is 4.31. The third-order valence-electron chi connectivity index (χ3n) is 4.11. The lowest BCUT2D eigenvalue weighted by Crippen LogP contribution is -2.47. The topological polar surface area (TPSA) is 41.6 Å². The Morgan fingerprint density at radius 2 is 2.28 bits per heavy atom. The largest absolute Gasteiger partial charge is 0.368 e. The van der Waals surface area contributed by atoms with Crippen LogP contribution in [0.15, 0.2) is 0 Å². The fourth-order valence-electron chi connectivity index (χ4n) is 2.90. The summed E-state index contributed by atoms with van der Waals surface area (Å²) in [5, 5.41) is 3.03. The molecule has 1 amide bonds. The van der Waals surface area contributed by atoms with E-state index >= 15 is 0 Å². The van der Waals surface area contributed by atoms with Crippen LogP contribution in [0, 0.1) is 5.92 Å². The first-order valence-corrected chi connectivity index (χ1v) is 7.30. The van der Waals surface area contributed by atoms with Crippen LogP contribution in [0.2, 0.25) is 0 Å². The van der Waals surface area contributed by atoms with Crippen molar-refractivity contribution in [3.8, 4) is 0 Å². The highest BCUT2D eigenvalue weighted by Crippen LogP contribution is 2.17. The van der Waals surface area contributed by atoms with Gasteiger partial charge in [-0.3, -0.25) is 9.69 Å². The first-order chi connectivity index (χ1) is 8.66. The minimum absolute atomic E-state index is 0.0735. The fraction of sp³-hybridized carbons (Fsp3) is 0.929. The second-order valence-corrected chi connectivity index (χ2v) is 5.84. The van der Waals surface area contributed by atoms with E-state index in [0.29, 0.717) is 6.04 Å². The molecule has 0 spiro atoms. The second kappa shape index (κ2) is 6.53. The Balaban J connectivity index is 1.70. The van der Waals surface area contributed by atoms with E-state index in [0.717, 1.165) is 38.5 Å². The molecule has 18 heavy (non-hydrogen) atoms. The van der Waals surface area contributed by atoms with E-state index in [2.05, 4.69) is 24.1 Å². The molecule has 0 aromatic heterocycles. The van der Waals surface area contributed by atoms with Gasteiger partial charge in [0.05, 0.1) is 0 Å². The van der Waals surface area contributed by atoms with Crippen LogP contribution in [0.1, 0.15) is 39.5 Å². The molecule has 2 rings (SSSR count). The number of ether oxygens (including phenoxy) is 1. The quantitative estimate of drug-likeness (QED) is 0.824. The molecule has 4 nitrogen and oxygen atoms in total. The third kappa shape index (κ3) is 3.69. The maximum absolute atomic E-state index is 11.8. The van der Waals surface area contributed by atoms with Gasteiger partial charge in [-0.05, 0) is 45.1 Å². The van der Waals surface area contributed by atoms with Crippen LogP contribution in [0.3, 0.4) is 0 Å². The SMILES string of the molecule is C[C@@H]1CCCN([C@@H](C)CNC(=O)[C@H]2CCCO2)C1. The van der Waals surface area contributed by atoms with Crippen molar-refractivity contribution in [2.75, 3.05) is 26.2 Å². The lowest BCUT2D eigenvalue weighted by Gasteiger charge is -2.35. The highest BCUT2D eigenvalue weighted by atomic mass is 16.5. The van der Waals surface area contributed by atoms with E-state index in [9.17, 15) is 4.79 Å². The highest BCUT2D eigenvalue weighted by Gasteiger charge is 2.25. The Morgan fingerprint density at radius 3 is 2.94 bits per heavy atom. The average molecular weight is 254 g/mol. The van der Waals surface area contributed by atoms with Gasteiger partial charge in [0.15, 0.2) is 0 Å². The maximum Gasteiger partial charge on any atom is 0.249 e. The van der Waals surface area contributed by atoms with Crippen LogP contribution in [0.4, 0.5) is 0 Å². The minimum Gasteiger partial charge on any atom is -0.368 e. The summed E-state index contributed by atoms with van der Waals surface area (Å²) in [5.74, 6) is 0.861. The Bertz CT molecular complexity index is 277. The number of likely N-dealkylation sites (tertiary alicyclic amines) is 1. The standard InChI is InChI=1S/C14H26N2O2/c1-11-5-3-7-16(10-11)12(2)9-15-14(17)13-6-4-8-18-13/h11-13H,3-10H2,1-2H3,(H,15,17)/t11-,12+,13-/m1/s1.